The van der Waals surface area contributed by atoms with Crippen LogP contribution in [0, 0.1) is 24.0 Å². The molecule has 0 aliphatic rings. The molecule has 1 aromatic heterocycles. The summed E-state index contributed by atoms with van der Waals surface area (Å²) in [5.41, 5.74) is 3.11. The van der Waals surface area contributed by atoms with E-state index in [9.17, 15) is 14.9 Å². The number of halogens is 1. The highest BCUT2D eigenvalue weighted by atomic mass is 35.5. The average Bonchev–Trinajstić information content (AvgIpc) is 2.89. The lowest BCUT2D eigenvalue weighted by atomic mass is 10.2. The van der Waals surface area contributed by atoms with Crippen molar-refractivity contribution in [2.24, 2.45) is 0 Å². The second-order valence-corrected chi connectivity index (χ2v) is 6.53. The molecule has 3 aromatic rings. The molecule has 0 saturated heterocycles. The molecule has 0 bridgehead atoms. The van der Waals surface area contributed by atoms with Gasteiger partial charge in [0.05, 0.1) is 28.5 Å². The lowest BCUT2D eigenvalue weighted by Gasteiger charge is -2.08. The molecule has 0 radical (unpaired) electrons. The van der Waals surface area contributed by atoms with Gasteiger partial charge in [-0.3, -0.25) is 19.6 Å². The van der Waals surface area contributed by atoms with E-state index in [1.54, 1.807) is 17.7 Å². The number of amides is 1. The summed E-state index contributed by atoms with van der Waals surface area (Å²) in [6, 6.07) is 13.1. The molecule has 1 heterocycles. The number of non-ortho nitro benzene ring substituents is 1. The number of hydrogen-bond donors (Lipinski definition) is 1. The quantitative estimate of drug-likeness (QED) is 0.522. The summed E-state index contributed by atoms with van der Waals surface area (Å²) in [5.74, 6) is -0.424. The van der Waals surface area contributed by atoms with Crippen molar-refractivity contribution in [2.75, 3.05) is 5.32 Å². The number of hydrogen-bond acceptors (Lipinski definition) is 4. The SMILES string of the molecule is Cc1nn(Cc2cccc(Cl)c2)c(C)c1NC(=O)c1cccc([N+](=O)[O-])c1. The van der Waals surface area contributed by atoms with E-state index in [1.807, 2.05) is 25.1 Å². The predicted octanol–water partition coefficient (Wildman–Crippen LogP) is 4.36. The van der Waals surface area contributed by atoms with Gasteiger partial charge in [-0.15, -0.1) is 0 Å². The zero-order chi connectivity index (χ0) is 19.6. The number of aryl methyl sites for hydroxylation is 1. The zero-order valence-electron chi connectivity index (χ0n) is 14.8. The highest BCUT2D eigenvalue weighted by molar-refractivity contribution is 6.30. The third kappa shape index (κ3) is 4.15. The topological polar surface area (TPSA) is 90.1 Å². The number of benzene rings is 2. The van der Waals surface area contributed by atoms with Crippen LogP contribution in [0.4, 0.5) is 11.4 Å². The molecule has 138 valence electrons. The first-order valence-corrected chi connectivity index (χ1v) is 8.57. The molecule has 8 heteroatoms. The molecule has 0 fully saturated rings. The molecule has 0 unspecified atom stereocenters. The Bertz CT molecular complexity index is 1030. The van der Waals surface area contributed by atoms with Gasteiger partial charge < -0.3 is 5.32 Å². The minimum atomic E-state index is -0.531. The number of nitrogens with zero attached hydrogens (tertiary/aromatic N) is 3. The second kappa shape index (κ2) is 7.59. The average molecular weight is 385 g/mol. The van der Waals surface area contributed by atoms with Crippen LogP contribution in [0.3, 0.4) is 0 Å². The van der Waals surface area contributed by atoms with Gasteiger partial charge in [0.25, 0.3) is 11.6 Å². The maximum atomic E-state index is 12.5. The molecule has 2 aromatic carbocycles. The molecule has 0 spiro atoms. The minimum Gasteiger partial charge on any atom is -0.319 e. The number of aromatic nitrogens is 2. The van der Waals surface area contributed by atoms with Gasteiger partial charge in [0, 0.05) is 22.7 Å². The number of nitro benzene ring substituents is 1. The van der Waals surface area contributed by atoms with Gasteiger partial charge in [-0.05, 0) is 37.6 Å². The maximum Gasteiger partial charge on any atom is 0.270 e. The first-order chi connectivity index (χ1) is 12.8. The smallest absolute Gasteiger partial charge is 0.270 e. The minimum absolute atomic E-state index is 0.132. The molecule has 0 aliphatic heterocycles. The first kappa shape index (κ1) is 18.6. The third-order valence-electron chi connectivity index (χ3n) is 4.16. The van der Waals surface area contributed by atoms with E-state index in [1.165, 1.54) is 24.3 Å². The molecule has 0 atom stereocenters. The van der Waals surface area contributed by atoms with Crippen molar-refractivity contribution in [1.82, 2.24) is 9.78 Å². The Kier molecular flexibility index (Phi) is 5.23. The predicted molar refractivity (Wildman–Crippen MR) is 103 cm³/mol. The summed E-state index contributed by atoms with van der Waals surface area (Å²) in [7, 11) is 0. The maximum absolute atomic E-state index is 12.5. The lowest BCUT2D eigenvalue weighted by molar-refractivity contribution is -0.384. The van der Waals surface area contributed by atoms with E-state index in [0.29, 0.717) is 22.9 Å². The van der Waals surface area contributed by atoms with Crippen LogP contribution >= 0.6 is 11.6 Å². The Morgan fingerprint density at radius 1 is 1.22 bits per heavy atom. The van der Waals surface area contributed by atoms with Crippen LogP contribution in [0.5, 0.6) is 0 Å². The standard InChI is InChI=1S/C19H17ClN4O3/c1-12-18(21-19(25)15-6-4-8-17(10-15)24(26)27)13(2)23(22-12)11-14-5-3-7-16(20)9-14/h3-10H,11H2,1-2H3,(H,21,25). The van der Waals surface area contributed by atoms with Crippen LogP contribution in [0.25, 0.3) is 0 Å². The van der Waals surface area contributed by atoms with Crippen LogP contribution in [0.1, 0.15) is 27.3 Å². The van der Waals surface area contributed by atoms with Gasteiger partial charge in [0.2, 0.25) is 0 Å². The van der Waals surface area contributed by atoms with Crippen molar-refractivity contribution in [1.29, 1.82) is 0 Å². The molecule has 27 heavy (non-hydrogen) atoms. The van der Waals surface area contributed by atoms with Crippen molar-refractivity contribution in [3.63, 3.8) is 0 Å². The Hall–Kier alpha value is -3.19. The van der Waals surface area contributed by atoms with Gasteiger partial charge in [0.1, 0.15) is 0 Å². The summed E-state index contributed by atoms with van der Waals surface area (Å²) in [6.45, 7) is 4.16. The summed E-state index contributed by atoms with van der Waals surface area (Å²) in [5, 5.41) is 18.8. The first-order valence-electron chi connectivity index (χ1n) is 8.19. The molecule has 3 rings (SSSR count). The summed E-state index contributed by atoms with van der Waals surface area (Å²) >= 11 is 6.02. The fraction of sp³-hybridized carbons (Fsp3) is 0.158. The Labute approximate surface area is 160 Å². The molecule has 7 nitrogen and oxygen atoms in total. The van der Waals surface area contributed by atoms with Gasteiger partial charge in [-0.2, -0.15) is 5.10 Å². The van der Waals surface area contributed by atoms with Crippen LogP contribution in [0.15, 0.2) is 48.5 Å². The van der Waals surface area contributed by atoms with E-state index in [4.69, 9.17) is 11.6 Å². The number of anilines is 1. The Morgan fingerprint density at radius 2 is 1.96 bits per heavy atom. The molecular formula is C19H17ClN4O3. The Balaban J connectivity index is 1.83. The van der Waals surface area contributed by atoms with Crippen LogP contribution in [-0.2, 0) is 6.54 Å². The second-order valence-electron chi connectivity index (χ2n) is 6.09. The fourth-order valence-corrected chi connectivity index (χ4v) is 3.00. The van der Waals surface area contributed by atoms with E-state index in [-0.39, 0.29) is 11.3 Å². The highest BCUT2D eigenvalue weighted by Crippen LogP contribution is 2.23. The van der Waals surface area contributed by atoms with Crippen molar-refractivity contribution in [3.05, 3.63) is 86.2 Å². The summed E-state index contributed by atoms with van der Waals surface area (Å²) in [4.78, 5) is 22.9. The third-order valence-corrected chi connectivity index (χ3v) is 4.40. The number of carbonyl (C=O) groups excluding carboxylic acids is 1. The van der Waals surface area contributed by atoms with Crippen molar-refractivity contribution in [3.8, 4) is 0 Å². The molecule has 0 saturated carbocycles. The lowest BCUT2D eigenvalue weighted by Crippen LogP contribution is -2.13. The fourth-order valence-electron chi connectivity index (χ4n) is 2.79. The van der Waals surface area contributed by atoms with Gasteiger partial charge in [-0.1, -0.05) is 29.8 Å². The molecule has 1 N–H and O–H groups in total. The Morgan fingerprint density at radius 3 is 2.67 bits per heavy atom. The van der Waals surface area contributed by atoms with Gasteiger partial charge >= 0.3 is 0 Å². The van der Waals surface area contributed by atoms with Crippen molar-refractivity contribution in [2.45, 2.75) is 20.4 Å². The number of rotatable bonds is 5. The van der Waals surface area contributed by atoms with Crippen LogP contribution in [-0.4, -0.2) is 20.6 Å². The summed E-state index contributed by atoms with van der Waals surface area (Å²) in [6.07, 6.45) is 0. The molecular weight excluding hydrogens is 368 g/mol. The summed E-state index contributed by atoms with van der Waals surface area (Å²) < 4.78 is 1.78. The van der Waals surface area contributed by atoms with E-state index < -0.39 is 10.8 Å². The highest BCUT2D eigenvalue weighted by Gasteiger charge is 2.17. The van der Waals surface area contributed by atoms with Crippen LogP contribution < -0.4 is 5.32 Å². The van der Waals surface area contributed by atoms with Crippen molar-refractivity contribution >= 4 is 28.9 Å². The van der Waals surface area contributed by atoms with E-state index in [2.05, 4.69) is 10.4 Å². The van der Waals surface area contributed by atoms with Gasteiger partial charge in [-0.25, -0.2) is 0 Å². The number of nitrogens with one attached hydrogen (secondary N) is 1. The monoisotopic (exact) mass is 384 g/mol. The van der Waals surface area contributed by atoms with Crippen LogP contribution in [0.2, 0.25) is 5.02 Å². The van der Waals surface area contributed by atoms with Crippen molar-refractivity contribution < 1.29 is 9.72 Å². The largest absolute Gasteiger partial charge is 0.319 e. The zero-order valence-corrected chi connectivity index (χ0v) is 15.5. The van der Waals surface area contributed by atoms with E-state index in [0.717, 1.165) is 11.3 Å². The normalized spacial score (nSPS) is 10.6. The van der Waals surface area contributed by atoms with Gasteiger partial charge in [0.15, 0.2) is 0 Å². The number of nitro groups is 1. The molecule has 1 amide bonds. The number of carbonyl (C=O) groups is 1. The van der Waals surface area contributed by atoms with E-state index >= 15 is 0 Å². The molecule has 0 aliphatic carbocycles.